The maximum absolute atomic E-state index is 13.5. The Morgan fingerprint density at radius 2 is 2.04 bits per heavy atom. The summed E-state index contributed by atoms with van der Waals surface area (Å²) in [6.07, 6.45) is -2.98. The molecule has 0 radical (unpaired) electrons. The van der Waals surface area contributed by atoms with Crippen LogP contribution in [0.5, 0.6) is 0 Å². The van der Waals surface area contributed by atoms with E-state index in [2.05, 4.69) is 5.10 Å². The molecule has 1 amide bonds. The van der Waals surface area contributed by atoms with Gasteiger partial charge in [-0.25, -0.2) is 0 Å². The highest BCUT2D eigenvalue weighted by Gasteiger charge is 2.37. The Morgan fingerprint density at radius 3 is 2.64 bits per heavy atom. The van der Waals surface area contributed by atoms with E-state index in [1.165, 1.54) is 12.1 Å². The summed E-state index contributed by atoms with van der Waals surface area (Å²) < 4.78 is 42.1. The molecule has 1 atom stereocenters. The molecular formula is C20H23ClF3N3O. The molecule has 1 aliphatic rings. The van der Waals surface area contributed by atoms with Gasteiger partial charge in [0.15, 0.2) is 0 Å². The van der Waals surface area contributed by atoms with Crippen LogP contribution in [0.3, 0.4) is 0 Å². The molecule has 2 heterocycles. The molecular weight excluding hydrogens is 391 g/mol. The highest BCUT2D eigenvalue weighted by Crippen LogP contribution is 2.39. The van der Waals surface area contributed by atoms with Crippen LogP contribution in [0.2, 0.25) is 5.02 Å². The topological polar surface area (TPSA) is 38.1 Å². The molecule has 2 aromatic rings. The zero-order chi connectivity index (χ0) is 20.6. The van der Waals surface area contributed by atoms with Gasteiger partial charge in [-0.05, 0) is 44.4 Å². The van der Waals surface area contributed by atoms with Crippen molar-refractivity contribution >= 4 is 17.5 Å². The van der Waals surface area contributed by atoms with Gasteiger partial charge in [0, 0.05) is 42.3 Å². The fourth-order valence-corrected chi connectivity index (χ4v) is 4.10. The van der Waals surface area contributed by atoms with Gasteiger partial charge in [-0.2, -0.15) is 18.3 Å². The number of hydrogen-bond donors (Lipinski definition) is 0. The Balaban J connectivity index is 1.80. The van der Waals surface area contributed by atoms with Crippen molar-refractivity contribution in [3.63, 3.8) is 0 Å². The number of alkyl halides is 3. The summed E-state index contributed by atoms with van der Waals surface area (Å²) >= 11 is 5.79. The number of aromatic nitrogens is 2. The summed E-state index contributed by atoms with van der Waals surface area (Å²) in [5.74, 6) is -0.436. The van der Waals surface area contributed by atoms with Crippen molar-refractivity contribution in [3.8, 4) is 0 Å². The largest absolute Gasteiger partial charge is 0.416 e. The summed E-state index contributed by atoms with van der Waals surface area (Å²) in [6, 6.07) is 3.90. The van der Waals surface area contributed by atoms with Crippen LogP contribution >= 0.6 is 11.6 Å². The summed E-state index contributed by atoms with van der Waals surface area (Å²) in [7, 11) is 1.83. The highest BCUT2D eigenvalue weighted by molar-refractivity contribution is 6.30. The van der Waals surface area contributed by atoms with E-state index >= 15 is 0 Å². The number of nitrogens with zero attached hydrogens (tertiary/aromatic N) is 3. The first-order valence-corrected chi connectivity index (χ1v) is 9.59. The van der Waals surface area contributed by atoms with Crippen molar-refractivity contribution in [2.45, 2.75) is 45.2 Å². The van der Waals surface area contributed by atoms with Crippen LogP contribution in [-0.4, -0.2) is 33.7 Å². The van der Waals surface area contributed by atoms with E-state index in [0.29, 0.717) is 19.4 Å². The van der Waals surface area contributed by atoms with Crippen LogP contribution in [-0.2, 0) is 24.4 Å². The molecule has 8 heteroatoms. The van der Waals surface area contributed by atoms with Crippen molar-refractivity contribution in [3.05, 3.63) is 51.3 Å². The predicted molar refractivity (Wildman–Crippen MR) is 101 cm³/mol. The molecule has 152 valence electrons. The lowest BCUT2D eigenvalue weighted by molar-refractivity contribution is -0.138. The summed E-state index contributed by atoms with van der Waals surface area (Å²) in [4.78, 5) is 14.5. The van der Waals surface area contributed by atoms with E-state index in [1.54, 1.807) is 9.58 Å². The number of halogens is 4. The third-order valence-corrected chi connectivity index (χ3v) is 5.76. The van der Waals surface area contributed by atoms with Gasteiger partial charge in [-0.3, -0.25) is 9.48 Å². The van der Waals surface area contributed by atoms with Crippen LogP contribution in [0, 0.1) is 13.8 Å². The number of hydrogen-bond acceptors (Lipinski definition) is 2. The number of likely N-dealkylation sites (tertiary alicyclic amines) is 1. The minimum absolute atomic E-state index is 0.0577. The number of carbonyl (C=O) groups is 1. The van der Waals surface area contributed by atoms with Gasteiger partial charge < -0.3 is 4.90 Å². The quantitative estimate of drug-likeness (QED) is 0.734. The summed E-state index contributed by atoms with van der Waals surface area (Å²) in [6.45, 7) is 4.60. The predicted octanol–water partition coefficient (Wildman–Crippen LogP) is 4.66. The molecule has 1 aromatic heterocycles. The van der Waals surface area contributed by atoms with E-state index in [0.717, 1.165) is 23.0 Å². The zero-order valence-corrected chi connectivity index (χ0v) is 16.9. The monoisotopic (exact) mass is 413 g/mol. The van der Waals surface area contributed by atoms with Gasteiger partial charge >= 0.3 is 6.18 Å². The lowest BCUT2D eigenvalue weighted by atomic mass is 9.87. The fourth-order valence-electron chi connectivity index (χ4n) is 3.92. The van der Waals surface area contributed by atoms with Crippen LogP contribution in [0.4, 0.5) is 13.2 Å². The molecule has 1 aromatic carbocycles. The molecule has 4 nitrogen and oxygen atoms in total. The number of rotatable bonds is 3. The first-order valence-electron chi connectivity index (χ1n) is 9.21. The first-order chi connectivity index (χ1) is 13.1. The van der Waals surface area contributed by atoms with Crippen LogP contribution < -0.4 is 0 Å². The maximum atomic E-state index is 13.5. The van der Waals surface area contributed by atoms with Crippen molar-refractivity contribution < 1.29 is 18.0 Å². The fraction of sp³-hybridized carbons (Fsp3) is 0.500. The second-order valence-corrected chi connectivity index (χ2v) is 7.79. The minimum Gasteiger partial charge on any atom is -0.342 e. The number of aryl methyl sites for hydroxylation is 2. The van der Waals surface area contributed by atoms with Gasteiger partial charge in [-0.1, -0.05) is 17.7 Å². The highest BCUT2D eigenvalue weighted by atomic mass is 35.5. The maximum Gasteiger partial charge on any atom is 0.416 e. The molecule has 1 unspecified atom stereocenters. The summed E-state index contributed by atoms with van der Waals surface area (Å²) in [5, 5.41) is 4.38. The van der Waals surface area contributed by atoms with Gasteiger partial charge in [0.05, 0.1) is 17.7 Å². The lowest BCUT2D eigenvalue weighted by Crippen LogP contribution is -2.40. The molecule has 1 saturated heterocycles. The van der Waals surface area contributed by atoms with Crippen molar-refractivity contribution in [1.82, 2.24) is 14.7 Å². The molecule has 0 spiro atoms. The number of amides is 1. The van der Waals surface area contributed by atoms with Gasteiger partial charge in [0.2, 0.25) is 5.91 Å². The number of carbonyl (C=O) groups excluding carboxylic acids is 1. The van der Waals surface area contributed by atoms with Crippen LogP contribution in [0.25, 0.3) is 0 Å². The van der Waals surface area contributed by atoms with E-state index in [-0.39, 0.29) is 35.4 Å². The normalized spacial score (nSPS) is 17.8. The molecule has 3 rings (SSSR count). The van der Waals surface area contributed by atoms with Crippen molar-refractivity contribution in [2.24, 2.45) is 7.05 Å². The Hall–Kier alpha value is -2.02. The van der Waals surface area contributed by atoms with E-state index in [4.69, 9.17) is 11.6 Å². The Kier molecular flexibility index (Phi) is 5.75. The third-order valence-electron chi connectivity index (χ3n) is 5.52. The summed E-state index contributed by atoms with van der Waals surface area (Å²) in [5.41, 5.74) is 2.12. The first kappa shape index (κ1) is 20.7. The van der Waals surface area contributed by atoms with E-state index < -0.39 is 11.7 Å². The SMILES string of the molecule is Cc1nn(C)c(C)c1CC(=O)N1CCCC(c2ccc(Cl)cc2C(F)(F)F)C1. The lowest BCUT2D eigenvalue weighted by Gasteiger charge is -2.34. The van der Waals surface area contributed by atoms with Crippen molar-refractivity contribution in [1.29, 1.82) is 0 Å². The zero-order valence-electron chi connectivity index (χ0n) is 16.1. The van der Waals surface area contributed by atoms with Gasteiger partial charge in [0.1, 0.15) is 0 Å². The number of piperidine rings is 1. The molecule has 1 aliphatic heterocycles. The molecule has 0 N–H and O–H groups in total. The molecule has 28 heavy (non-hydrogen) atoms. The Bertz CT molecular complexity index is 892. The second kappa shape index (κ2) is 7.78. The Labute approximate surface area is 167 Å². The van der Waals surface area contributed by atoms with Crippen LogP contribution in [0.1, 0.15) is 46.8 Å². The second-order valence-electron chi connectivity index (χ2n) is 7.36. The average molecular weight is 414 g/mol. The van der Waals surface area contributed by atoms with Crippen molar-refractivity contribution in [2.75, 3.05) is 13.1 Å². The average Bonchev–Trinajstić information content (AvgIpc) is 2.87. The molecule has 1 fully saturated rings. The van der Waals surface area contributed by atoms with E-state index in [1.807, 2.05) is 20.9 Å². The molecule has 0 aliphatic carbocycles. The third kappa shape index (κ3) is 4.19. The minimum atomic E-state index is -4.48. The Morgan fingerprint density at radius 1 is 1.32 bits per heavy atom. The van der Waals surface area contributed by atoms with Gasteiger partial charge in [0.25, 0.3) is 0 Å². The van der Waals surface area contributed by atoms with Gasteiger partial charge in [-0.15, -0.1) is 0 Å². The standard InChI is InChI=1S/C20H23ClF3N3O/c1-12-17(13(2)26(3)25-12)10-19(28)27-8-4-5-14(11-27)16-7-6-15(21)9-18(16)20(22,23)24/h6-7,9,14H,4-5,8,10-11H2,1-3H3. The smallest absolute Gasteiger partial charge is 0.342 e. The van der Waals surface area contributed by atoms with E-state index in [9.17, 15) is 18.0 Å². The molecule has 0 saturated carbocycles. The molecule has 0 bridgehead atoms. The number of benzene rings is 1. The van der Waals surface area contributed by atoms with Crippen LogP contribution in [0.15, 0.2) is 18.2 Å².